The van der Waals surface area contributed by atoms with Crippen LogP contribution in [0.4, 0.5) is 27.0 Å². The molecule has 2 N–H and O–H groups in total. The maximum absolute atomic E-state index is 13.0. The zero-order chi connectivity index (χ0) is 32.0. The lowest BCUT2D eigenvalue weighted by Gasteiger charge is -2.39. The van der Waals surface area contributed by atoms with Gasteiger partial charge >= 0.3 is 18.2 Å². The average molecular weight is 608 g/mol. The second-order valence-corrected chi connectivity index (χ2v) is 13.4. The number of hydrogen-bond acceptors (Lipinski definition) is 11. The molecular weight excluding hydrogens is 566 g/mol. The van der Waals surface area contributed by atoms with Gasteiger partial charge in [-0.05, 0) is 86.3 Å². The molecule has 5 rings (SSSR count). The first-order valence-electron chi connectivity index (χ1n) is 14.9. The van der Waals surface area contributed by atoms with Gasteiger partial charge < -0.3 is 29.7 Å². The van der Waals surface area contributed by atoms with Crippen LogP contribution in [0.15, 0.2) is 24.3 Å². The molecule has 236 valence electrons. The van der Waals surface area contributed by atoms with E-state index in [0.717, 1.165) is 31.1 Å². The highest BCUT2D eigenvalue weighted by Gasteiger charge is 2.45. The van der Waals surface area contributed by atoms with Crippen LogP contribution in [0.1, 0.15) is 83.4 Å². The van der Waals surface area contributed by atoms with Gasteiger partial charge in [0.15, 0.2) is 5.82 Å². The summed E-state index contributed by atoms with van der Waals surface area (Å²) in [5.41, 5.74) is 0.0373. The molecule has 13 heteroatoms. The zero-order valence-corrected chi connectivity index (χ0v) is 26.6. The molecule has 0 aromatic carbocycles. The molecule has 0 aliphatic carbocycles. The minimum atomic E-state index is -0.672. The second kappa shape index (κ2) is 11.6. The van der Waals surface area contributed by atoms with Crippen LogP contribution in [-0.2, 0) is 14.2 Å². The average Bonchev–Trinajstić information content (AvgIpc) is 3.41. The molecule has 44 heavy (non-hydrogen) atoms. The van der Waals surface area contributed by atoms with Gasteiger partial charge in [-0.1, -0.05) is 0 Å². The van der Waals surface area contributed by atoms with Crippen molar-refractivity contribution in [3.63, 3.8) is 0 Å². The van der Waals surface area contributed by atoms with Crippen molar-refractivity contribution in [1.82, 2.24) is 24.6 Å². The number of hydrogen-bond donors (Lipinski definition) is 2. The Morgan fingerprint density at radius 2 is 1.52 bits per heavy atom. The van der Waals surface area contributed by atoms with E-state index in [1.807, 2.05) is 25.7 Å². The number of esters is 1. The van der Waals surface area contributed by atoms with Crippen LogP contribution >= 0.6 is 0 Å². The molecule has 2 fully saturated rings. The molecule has 0 radical (unpaired) electrons. The number of carbonyl (C=O) groups excluding carboxylic acids is 3. The molecule has 2 aliphatic heterocycles. The van der Waals surface area contributed by atoms with Gasteiger partial charge in [0.2, 0.25) is 0 Å². The number of pyridine rings is 2. The summed E-state index contributed by atoms with van der Waals surface area (Å²) >= 11 is 0. The SMILES string of the molecule is COC(=O)c1ccc2c(N[C@H]3C[C@H]4CC[C@@H](C3)N4C(=O)OC(C)(C)C)nc(Nc3cc(C)n(C(=O)OC(C)(C)C)n3)cc2n1. The van der Waals surface area contributed by atoms with E-state index in [2.05, 4.69) is 20.7 Å². The summed E-state index contributed by atoms with van der Waals surface area (Å²) in [7, 11) is 1.31. The van der Waals surface area contributed by atoms with Crippen LogP contribution in [0, 0.1) is 6.92 Å². The Kier molecular flexibility index (Phi) is 8.17. The molecule has 5 heterocycles. The van der Waals surface area contributed by atoms with E-state index in [1.165, 1.54) is 11.8 Å². The molecule has 2 saturated heterocycles. The van der Waals surface area contributed by atoms with Crippen molar-refractivity contribution in [3.05, 3.63) is 35.7 Å². The number of nitrogens with one attached hydrogen (secondary N) is 2. The van der Waals surface area contributed by atoms with Gasteiger partial charge in [-0.25, -0.2) is 24.4 Å². The number of anilines is 3. The van der Waals surface area contributed by atoms with E-state index in [0.29, 0.717) is 28.7 Å². The maximum atomic E-state index is 13.0. The standard InChI is InChI=1S/C31H41N7O6/c1-17-13-25(36-38(17)29(41)44-31(5,6)7)34-24-16-23-21(11-12-22(33-23)27(39)42-8)26(35-24)32-18-14-19-9-10-20(15-18)37(19)28(40)43-30(2,3)4/h11-13,16,18-20H,9-10,14-15H2,1-8H3,(H2,32,34,35,36)/t18-,19+,20-. The van der Waals surface area contributed by atoms with Gasteiger partial charge in [0.05, 0.1) is 12.6 Å². The summed E-state index contributed by atoms with van der Waals surface area (Å²) in [6, 6.07) is 7.00. The number of amides is 1. The quantitative estimate of drug-likeness (QED) is 0.268. The highest BCUT2D eigenvalue weighted by Crippen LogP contribution is 2.38. The van der Waals surface area contributed by atoms with E-state index < -0.39 is 23.3 Å². The van der Waals surface area contributed by atoms with Crippen LogP contribution in [0.5, 0.6) is 0 Å². The minimum Gasteiger partial charge on any atom is -0.464 e. The van der Waals surface area contributed by atoms with Gasteiger partial charge in [0.25, 0.3) is 0 Å². The Morgan fingerprint density at radius 3 is 2.14 bits per heavy atom. The number of ether oxygens (including phenoxy) is 3. The van der Waals surface area contributed by atoms with Crippen molar-refractivity contribution >= 4 is 46.5 Å². The van der Waals surface area contributed by atoms with Crippen molar-refractivity contribution in [2.75, 3.05) is 17.7 Å². The van der Waals surface area contributed by atoms with Crippen molar-refractivity contribution in [2.45, 2.75) is 103 Å². The van der Waals surface area contributed by atoms with Crippen molar-refractivity contribution in [3.8, 4) is 0 Å². The summed E-state index contributed by atoms with van der Waals surface area (Å²) in [4.78, 5) is 49.2. The Bertz CT molecular complexity index is 1570. The monoisotopic (exact) mass is 607 g/mol. The molecule has 3 aromatic rings. The molecule has 0 spiro atoms. The first-order valence-corrected chi connectivity index (χ1v) is 14.9. The third-order valence-electron chi connectivity index (χ3n) is 7.47. The Balaban J connectivity index is 1.42. The number of nitrogens with zero attached hydrogens (tertiary/aromatic N) is 5. The summed E-state index contributed by atoms with van der Waals surface area (Å²) in [5, 5.41) is 11.9. The molecule has 0 saturated carbocycles. The number of aryl methyl sites for hydroxylation is 1. The lowest BCUT2D eigenvalue weighted by atomic mass is 9.97. The summed E-state index contributed by atoms with van der Waals surface area (Å²) in [5.74, 6) is 0.828. The predicted molar refractivity (Wildman–Crippen MR) is 164 cm³/mol. The van der Waals surface area contributed by atoms with Crippen molar-refractivity contribution < 1.29 is 28.6 Å². The van der Waals surface area contributed by atoms with Crippen molar-refractivity contribution in [1.29, 1.82) is 0 Å². The number of rotatable bonds is 5. The first kappa shape index (κ1) is 31.0. The second-order valence-electron chi connectivity index (χ2n) is 13.4. The van der Waals surface area contributed by atoms with Crippen LogP contribution in [-0.4, -0.2) is 79.2 Å². The van der Waals surface area contributed by atoms with Gasteiger partial charge in [0.1, 0.15) is 28.5 Å². The summed E-state index contributed by atoms with van der Waals surface area (Å²) in [6.07, 6.45) is 2.46. The van der Waals surface area contributed by atoms with E-state index >= 15 is 0 Å². The number of aromatic nitrogens is 4. The number of methoxy groups -OCH3 is 1. The van der Waals surface area contributed by atoms with Crippen molar-refractivity contribution in [2.24, 2.45) is 0 Å². The van der Waals surface area contributed by atoms with Crippen LogP contribution < -0.4 is 10.6 Å². The fourth-order valence-corrected chi connectivity index (χ4v) is 5.78. The van der Waals surface area contributed by atoms with Crippen LogP contribution in [0.3, 0.4) is 0 Å². The highest BCUT2D eigenvalue weighted by atomic mass is 16.6. The number of fused-ring (bicyclic) bond motifs is 3. The maximum Gasteiger partial charge on any atom is 0.435 e. The first-order chi connectivity index (χ1) is 20.6. The Hall–Kier alpha value is -4.42. The van der Waals surface area contributed by atoms with Gasteiger partial charge in [-0.2, -0.15) is 4.68 Å². The van der Waals surface area contributed by atoms with E-state index in [4.69, 9.17) is 19.2 Å². The van der Waals surface area contributed by atoms with Gasteiger partial charge in [-0.15, -0.1) is 5.10 Å². The molecule has 2 bridgehead atoms. The molecule has 1 amide bonds. The fraction of sp³-hybridized carbons (Fsp3) is 0.548. The topological polar surface area (TPSA) is 150 Å². The largest absolute Gasteiger partial charge is 0.464 e. The molecule has 13 nitrogen and oxygen atoms in total. The van der Waals surface area contributed by atoms with Gasteiger partial charge in [0, 0.05) is 41.3 Å². The lowest BCUT2D eigenvalue weighted by molar-refractivity contribution is 0.00678. The lowest BCUT2D eigenvalue weighted by Crippen LogP contribution is -2.51. The zero-order valence-electron chi connectivity index (χ0n) is 26.6. The molecule has 3 aromatic heterocycles. The third-order valence-corrected chi connectivity index (χ3v) is 7.47. The number of carbonyl (C=O) groups is 3. The normalized spacial score (nSPS) is 19.9. The smallest absolute Gasteiger partial charge is 0.435 e. The van der Waals surface area contributed by atoms with Crippen LogP contribution in [0.2, 0.25) is 0 Å². The van der Waals surface area contributed by atoms with E-state index in [1.54, 1.807) is 52.0 Å². The summed E-state index contributed by atoms with van der Waals surface area (Å²) < 4.78 is 17.2. The number of piperidine rings is 1. The summed E-state index contributed by atoms with van der Waals surface area (Å²) in [6.45, 7) is 12.8. The molecule has 0 unspecified atom stereocenters. The minimum absolute atomic E-state index is 0.0473. The predicted octanol–water partition coefficient (Wildman–Crippen LogP) is 5.79. The van der Waals surface area contributed by atoms with E-state index in [9.17, 15) is 14.4 Å². The van der Waals surface area contributed by atoms with Crippen LogP contribution in [0.25, 0.3) is 10.9 Å². The van der Waals surface area contributed by atoms with Gasteiger partial charge in [-0.3, -0.25) is 0 Å². The Labute approximate surface area is 256 Å². The molecule has 2 aliphatic rings. The Morgan fingerprint density at radius 1 is 0.886 bits per heavy atom. The van der Waals surface area contributed by atoms with E-state index in [-0.39, 0.29) is 29.9 Å². The molecule has 3 atom stereocenters. The fourth-order valence-electron chi connectivity index (χ4n) is 5.78. The third kappa shape index (κ3) is 6.87. The highest BCUT2D eigenvalue weighted by molar-refractivity contribution is 5.96. The molecular formula is C31H41N7O6.